The molecule has 96 valence electrons. The van der Waals surface area contributed by atoms with Gasteiger partial charge in [-0.15, -0.1) is 5.10 Å². The molecule has 0 radical (unpaired) electrons. The topological polar surface area (TPSA) is 67.2 Å². The zero-order chi connectivity index (χ0) is 13.1. The van der Waals surface area contributed by atoms with Crippen molar-refractivity contribution >= 4 is 23.7 Å². The van der Waals surface area contributed by atoms with Crippen molar-refractivity contribution in [3.8, 4) is 0 Å². The lowest BCUT2D eigenvalue weighted by molar-refractivity contribution is 0.0958. The molecule has 1 amide bonds. The first-order valence-corrected chi connectivity index (χ1v) is 6.82. The summed E-state index contributed by atoms with van der Waals surface area (Å²) in [5.74, 6) is 0.182. The Hall–Kier alpha value is -2.08. The first-order chi connectivity index (χ1) is 9.34. The largest absolute Gasteiger partial charge is 0.285 e. The SMILES string of the molecule is O=C(NN=Cc1ccccc1)c1snnc1C1CC1. The molecule has 1 saturated carbocycles. The molecule has 0 spiro atoms. The quantitative estimate of drug-likeness (QED) is 0.685. The molecule has 1 N–H and O–H groups in total. The van der Waals surface area contributed by atoms with Gasteiger partial charge in [-0.25, -0.2) is 5.43 Å². The summed E-state index contributed by atoms with van der Waals surface area (Å²) in [5.41, 5.74) is 4.27. The van der Waals surface area contributed by atoms with Crippen LogP contribution in [0.3, 0.4) is 0 Å². The Labute approximate surface area is 114 Å². The van der Waals surface area contributed by atoms with Crippen LogP contribution < -0.4 is 5.43 Å². The lowest BCUT2D eigenvalue weighted by Gasteiger charge is -1.98. The van der Waals surface area contributed by atoms with Crippen LogP contribution in [-0.4, -0.2) is 21.7 Å². The fourth-order valence-electron chi connectivity index (χ4n) is 1.73. The molecule has 19 heavy (non-hydrogen) atoms. The van der Waals surface area contributed by atoms with Crippen molar-refractivity contribution in [2.45, 2.75) is 18.8 Å². The highest BCUT2D eigenvalue weighted by atomic mass is 32.1. The molecule has 0 bridgehead atoms. The van der Waals surface area contributed by atoms with Gasteiger partial charge in [0.25, 0.3) is 5.91 Å². The van der Waals surface area contributed by atoms with Gasteiger partial charge in [0.05, 0.1) is 11.9 Å². The van der Waals surface area contributed by atoms with E-state index in [9.17, 15) is 4.79 Å². The Morgan fingerprint density at radius 3 is 2.89 bits per heavy atom. The number of nitrogens with zero attached hydrogens (tertiary/aromatic N) is 3. The highest BCUT2D eigenvalue weighted by Crippen LogP contribution is 2.41. The van der Waals surface area contributed by atoms with Crippen LogP contribution in [0, 0.1) is 0 Å². The molecule has 5 nitrogen and oxygen atoms in total. The van der Waals surface area contributed by atoms with Crippen LogP contribution in [0.2, 0.25) is 0 Å². The average Bonchev–Trinajstić information content (AvgIpc) is 3.17. The van der Waals surface area contributed by atoms with Crippen LogP contribution in [0.5, 0.6) is 0 Å². The Bertz CT molecular complexity index is 604. The molecule has 0 unspecified atom stereocenters. The van der Waals surface area contributed by atoms with Crippen LogP contribution in [0.4, 0.5) is 0 Å². The van der Waals surface area contributed by atoms with Crippen molar-refractivity contribution in [2.75, 3.05) is 0 Å². The van der Waals surface area contributed by atoms with Gasteiger partial charge < -0.3 is 0 Å². The van der Waals surface area contributed by atoms with Crippen LogP contribution in [0.15, 0.2) is 35.4 Å². The Morgan fingerprint density at radius 1 is 1.37 bits per heavy atom. The Kier molecular flexibility index (Phi) is 3.33. The number of amides is 1. The maximum absolute atomic E-state index is 12.0. The van der Waals surface area contributed by atoms with Gasteiger partial charge in [0.15, 0.2) is 0 Å². The molecule has 1 aromatic heterocycles. The van der Waals surface area contributed by atoms with Crippen molar-refractivity contribution in [3.63, 3.8) is 0 Å². The zero-order valence-electron chi connectivity index (χ0n) is 10.1. The van der Waals surface area contributed by atoms with Crippen molar-refractivity contribution in [2.24, 2.45) is 5.10 Å². The predicted molar refractivity (Wildman–Crippen MR) is 73.4 cm³/mol. The molecule has 6 heteroatoms. The van der Waals surface area contributed by atoms with Gasteiger partial charge in [0, 0.05) is 5.92 Å². The number of rotatable bonds is 4. The molecule has 1 heterocycles. The predicted octanol–water partition coefficient (Wildman–Crippen LogP) is 2.18. The number of carbonyl (C=O) groups excluding carboxylic acids is 1. The summed E-state index contributed by atoms with van der Waals surface area (Å²) in [5, 5.41) is 7.97. The minimum atomic E-state index is -0.232. The second-order valence-electron chi connectivity index (χ2n) is 4.37. The van der Waals surface area contributed by atoms with E-state index in [0.717, 1.165) is 35.6 Å². The van der Waals surface area contributed by atoms with E-state index >= 15 is 0 Å². The normalized spacial score (nSPS) is 14.7. The van der Waals surface area contributed by atoms with Gasteiger partial charge in [-0.2, -0.15) is 5.10 Å². The number of benzene rings is 1. The fourth-order valence-corrected chi connectivity index (χ4v) is 2.37. The van der Waals surface area contributed by atoms with Gasteiger partial charge in [0.1, 0.15) is 4.88 Å². The average molecular weight is 272 g/mol. The number of aromatic nitrogens is 2. The molecule has 1 aromatic carbocycles. The molecule has 0 aliphatic heterocycles. The Morgan fingerprint density at radius 2 is 2.16 bits per heavy atom. The summed E-state index contributed by atoms with van der Waals surface area (Å²) in [7, 11) is 0. The number of hydrazone groups is 1. The highest BCUT2D eigenvalue weighted by Gasteiger charge is 2.31. The van der Waals surface area contributed by atoms with Gasteiger partial charge in [0.2, 0.25) is 0 Å². The summed E-state index contributed by atoms with van der Waals surface area (Å²) >= 11 is 1.13. The van der Waals surface area contributed by atoms with Crippen LogP contribution in [0.25, 0.3) is 0 Å². The summed E-state index contributed by atoms with van der Waals surface area (Å²) in [4.78, 5) is 12.5. The van der Waals surface area contributed by atoms with Gasteiger partial charge >= 0.3 is 0 Å². The van der Waals surface area contributed by atoms with Crippen LogP contribution in [-0.2, 0) is 0 Å². The molecule has 0 atom stereocenters. The van der Waals surface area contributed by atoms with E-state index in [4.69, 9.17) is 0 Å². The van der Waals surface area contributed by atoms with Crippen LogP contribution in [0.1, 0.15) is 39.7 Å². The van der Waals surface area contributed by atoms with Crippen molar-refractivity contribution in [1.82, 2.24) is 15.0 Å². The maximum Gasteiger partial charge on any atom is 0.285 e. The molecule has 3 rings (SSSR count). The monoisotopic (exact) mass is 272 g/mol. The molecule has 0 saturated heterocycles. The smallest absolute Gasteiger partial charge is 0.266 e. The van der Waals surface area contributed by atoms with E-state index in [1.54, 1.807) is 6.21 Å². The summed E-state index contributed by atoms with van der Waals surface area (Å²) in [6, 6.07) is 9.60. The van der Waals surface area contributed by atoms with Gasteiger partial charge in [-0.3, -0.25) is 4.79 Å². The van der Waals surface area contributed by atoms with E-state index in [1.807, 2.05) is 30.3 Å². The van der Waals surface area contributed by atoms with Crippen LogP contribution >= 0.6 is 11.5 Å². The molecule has 2 aromatic rings. The van der Waals surface area contributed by atoms with Crippen molar-refractivity contribution in [3.05, 3.63) is 46.5 Å². The maximum atomic E-state index is 12.0. The number of hydrogen-bond donors (Lipinski definition) is 1. The van der Waals surface area contributed by atoms with E-state index < -0.39 is 0 Å². The van der Waals surface area contributed by atoms with Gasteiger partial charge in [-0.1, -0.05) is 34.8 Å². The third-order valence-electron chi connectivity index (χ3n) is 2.86. The first-order valence-electron chi connectivity index (χ1n) is 6.05. The molecule has 1 fully saturated rings. The van der Waals surface area contributed by atoms with Gasteiger partial charge in [-0.05, 0) is 29.9 Å². The molecular formula is C13H12N4OS. The Balaban J connectivity index is 1.65. The van der Waals surface area contributed by atoms with E-state index in [1.165, 1.54) is 0 Å². The summed E-state index contributed by atoms with van der Waals surface area (Å²) in [6.07, 6.45) is 3.81. The summed E-state index contributed by atoms with van der Waals surface area (Å²) < 4.78 is 3.85. The minimum absolute atomic E-state index is 0.232. The fraction of sp³-hybridized carbons (Fsp3) is 0.231. The van der Waals surface area contributed by atoms with E-state index in [0.29, 0.717) is 10.8 Å². The number of hydrogen-bond acceptors (Lipinski definition) is 5. The minimum Gasteiger partial charge on any atom is -0.266 e. The van der Waals surface area contributed by atoms with E-state index in [2.05, 4.69) is 20.1 Å². The lowest BCUT2D eigenvalue weighted by atomic mass is 10.2. The lowest BCUT2D eigenvalue weighted by Crippen LogP contribution is -2.17. The highest BCUT2D eigenvalue weighted by molar-refractivity contribution is 7.08. The number of carbonyl (C=O) groups is 1. The molecular weight excluding hydrogens is 260 g/mol. The number of nitrogens with one attached hydrogen (secondary N) is 1. The third kappa shape index (κ3) is 2.85. The van der Waals surface area contributed by atoms with Crippen molar-refractivity contribution < 1.29 is 4.79 Å². The molecule has 1 aliphatic carbocycles. The summed E-state index contributed by atoms with van der Waals surface area (Å²) in [6.45, 7) is 0. The second-order valence-corrected chi connectivity index (χ2v) is 5.13. The third-order valence-corrected chi connectivity index (χ3v) is 3.60. The zero-order valence-corrected chi connectivity index (χ0v) is 10.9. The van der Waals surface area contributed by atoms with E-state index in [-0.39, 0.29) is 5.91 Å². The van der Waals surface area contributed by atoms with Crippen molar-refractivity contribution in [1.29, 1.82) is 0 Å². The first kappa shape index (κ1) is 12.0. The standard InChI is InChI=1S/C13H12N4OS/c18-13(12-11(10-6-7-10)15-17-19-12)16-14-8-9-4-2-1-3-5-9/h1-5,8,10H,6-7H2,(H,16,18). The second kappa shape index (κ2) is 5.27. The molecule has 1 aliphatic rings.